The summed E-state index contributed by atoms with van der Waals surface area (Å²) in [5.41, 5.74) is 9.65. The fourth-order valence-electron chi connectivity index (χ4n) is 3.00. The molecule has 8 nitrogen and oxygen atoms in total. The molecule has 0 spiro atoms. The monoisotopic (exact) mass is 398 g/mol. The Balaban J connectivity index is 1.71. The van der Waals surface area contributed by atoms with E-state index in [0.29, 0.717) is 22.2 Å². The van der Waals surface area contributed by atoms with E-state index >= 15 is 0 Å². The van der Waals surface area contributed by atoms with Crippen molar-refractivity contribution in [3.8, 4) is 0 Å². The van der Waals surface area contributed by atoms with Crippen molar-refractivity contribution in [3.05, 3.63) is 51.8 Å². The summed E-state index contributed by atoms with van der Waals surface area (Å²) >= 11 is 1.43. The summed E-state index contributed by atoms with van der Waals surface area (Å²) in [6.07, 6.45) is 1.96. The van der Waals surface area contributed by atoms with Crippen LogP contribution >= 0.6 is 11.8 Å². The molecule has 0 fully saturated rings. The molecule has 1 aromatic carbocycles. The van der Waals surface area contributed by atoms with Gasteiger partial charge >= 0.3 is 0 Å². The van der Waals surface area contributed by atoms with Crippen LogP contribution in [0.3, 0.4) is 0 Å². The molecule has 9 heteroatoms. The third kappa shape index (κ3) is 3.99. The van der Waals surface area contributed by atoms with Gasteiger partial charge in [-0.25, -0.2) is 9.50 Å². The second kappa shape index (κ2) is 7.97. The Kier molecular flexibility index (Phi) is 5.64. The Labute approximate surface area is 167 Å². The molecule has 0 aliphatic carbocycles. The Bertz CT molecular complexity index is 1080. The lowest BCUT2D eigenvalue weighted by Crippen LogP contribution is -2.42. The van der Waals surface area contributed by atoms with E-state index in [0.717, 1.165) is 22.4 Å². The van der Waals surface area contributed by atoms with Gasteiger partial charge in [0.2, 0.25) is 11.1 Å². The van der Waals surface area contributed by atoms with E-state index in [4.69, 9.17) is 0 Å². The van der Waals surface area contributed by atoms with E-state index in [1.807, 2.05) is 46.1 Å². The quantitative estimate of drug-likeness (QED) is 0.515. The van der Waals surface area contributed by atoms with Gasteiger partial charge in [0.05, 0.1) is 6.42 Å². The van der Waals surface area contributed by atoms with Crippen molar-refractivity contribution in [3.63, 3.8) is 0 Å². The van der Waals surface area contributed by atoms with Crippen molar-refractivity contribution >= 4 is 29.4 Å². The van der Waals surface area contributed by atoms with Crippen LogP contribution in [0.5, 0.6) is 0 Å². The number of benzene rings is 1. The number of hydrogen-bond acceptors (Lipinski definition) is 6. The molecule has 0 aliphatic heterocycles. The first-order valence-electron chi connectivity index (χ1n) is 8.73. The molecule has 0 unspecified atom stereocenters. The second-order valence-electron chi connectivity index (χ2n) is 6.57. The SMILES string of the molecule is CSc1nc2nc(C)c(CC(=O)NNC(=O)c3ccc(C)cc3C)c(C)n2n1. The highest BCUT2D eigenvalue weighted by molar-refractivity contribution is 7.98. The minimum Gasteiger partial charge on any atom is -0.273 e. The van der Waals surface area contributed by atoms with E-state index in [1.165, 1.54) is 11.8 Å². The van der Waals surface area contributed by atoms with Crippen LogP contribution in [0, 0.1) is 27.7 Å². The molecule has 146 valence electrons. The van der Waals surface area contributed by atoms with Crippen LogP contribution < -0.4 is 10.9 Å². The lowest BCUT2D eigenvalue weighted by atomic mass is 10.1. The van der Waals surface area contributed by atoms with E-state index in [-0.39, 0.29) is 18.2 Å². The van der Waals surface area contributed by atoms with Gasteiger partial charge in [0, 0.05) is 22.5 Å². The molecule has 28 heavy (non-hydrogen) atoms. The lowest BCUT2D eigenvalue weighted by Gasteiger charge is -2.12. The third-order valence-electron chi connectivity index (χ3n) is 4.49. The number of carbonyl (C=O) groups is 2. The van der Waals surface area contributed by atoms with E-state index < -0.39 is 0 Å². The highest BCUT2D eigenvalue weighted by atomic mass is 32.2. The zero-order valence-electron chi connectivity index (χ0n) is 16.5. The van der Waals surface area contributed by atoms with Gasteiger partial charge in [-0.3, -0.25) is 20.4 Å². The topological polar surface area (TPSA) is 101 Å². The number of thioether (sulfide) groups is 1. The van der Waals surface area contributed by atoms with E-state index in [9.17, 15) is 9.59 Å². The molecule has 0 saturated heterocycles. The van der Waals surface area contributed by atoms with Gasteiger partial charge in [-0.2, -0.15) is 4.98 Å². The van der Waals surface area contributed by atoms with Gasteiger partial charge < -0.3 is 0 Å². The average molecular weight is 398 g/mol. The summed E-state index contributed by atoms with van der Waals surface area (Å²) in [7, 11) is 0. The first kappa shape index (κ1) is 19.8. The summed E-state index contributed by atoms with van der Waals surface area (Å²) in [5.74, 6) is -0.184. The summed E-state index contributed by atoms with van der Waals surface area (Å²) in [4.78, 5) is 33.5. The van der Waals surface area contributed by atoms with Crippen LogP contribution in [0.1, 0.15) is 38.4 Å². The Hall–Kier alpha value is -2.94. The Morgan fingerprint density at radius 2 is 1.86 bits per heavy atom. The second-order valence-corrected chi connectivity index (χ2v) is 7.34. The Morgan fingerprint density at radius 1 is 1.11 bits per heavy atom. The average Bonchev–Trinajstić information content (AvgIpc) is 3.06. The molecule has 2 amide bonds. The third-order valence-corrected chi connectivity index (χ3v) is 5.03. The zero-order chi connectivity index (χ0) is 20.4. The van der Waals surface area contributed by atoms with Gasteiger partial charge in [0.25, 0.3) is 11.7 Å². The smallest absolute Gasteiger partial charge is 0.269 e. The number of hydrazine groups is 1. The Morgan fingerprint density at radius 3 is 2.54 bits per heavy atom. The predicted octanol–water partition coefficient (Wildman–Crippen LogP) is 2.08. The van der Waals surface area contributed by atoms with Crippen molar-refractivity contribution in [2.75, 3.05) is 6.26 Å². The largest absolute Gasteiger partial charge is 0.273 e. The van der Waals surface area contributed by atoms with Crippen LogP contribution in [0.15, 0.2) is 23.4 Å². The molecule has 2 N–H and O–H groups in total. The van der Waals surface area contributed by atoms with Gasteiger partial charge in [0.1, 0.15) is 0 Å². The number of carbonyl (C=O) groups excluding carboxylic acids is 2. The van der Waals surface area contributed by atoms with Crippen molar-refractivity contribution in [2.24, 2.45) is 0 Å². The predicted molar refractivity (Wildman–Crippen MR) is 107 cm³/mol. The zero-order valence-corrected chi connectivity index (χ0v) is 17.3. The molecular formula is C19H22N6O2S. The van der Waals surface area contributed by atoms with Crippen molar-refractivity contribution < 1.29 is 9.59 Å². The number of aryl methyl sites for hydroxylation is 4. The number of rotatable bonds is 4. The van der Waals surface area contributed by atoms with Gasteiger partial charge in [0.15, 0.2) is 0 Å². The summed E-state index contributed by atoms with van der Waals surface area (Å²) in [5, 5.41) is 5.00. The van der Waals surface area contributed by atoms with Crippen LogP contribution in [0.4, 0.5) is 0 Å². The maximum Gasteiger partial charge on any atom is 0.269 e. The standard InChI is InChI=1S/C19H22N6O2S/c1-10-6-7-14(11(2)8-10)17(27)23-22-16(26)9-15-12(3)20-18-21-19(28-5)24-25(18)13(15)4/h6-8H,9H2,1-5H3,(H,22,26)(H,23,27). The molecular weight excluding hydrogens is 376 g/mol. The number of nitrogens with one attached hydrogen (secondary N) is 2. The van der Waals surface area contributed by atoms with Crippen molar-refractivity contribution in [1.29, 1.82) is 0 Å². The molecule has 2 aromatic heterocycles. The maximum atomic E-state index is 12.4. The first-order chi connectivity index (χ1) is 13.3. The molecule has 0 bridgehead atoms. The van der Waals surface area contributed by atoms with Crippen LogP contribution in [-0.4, -0.2) is 37.7 Å². The van der Waals surface area contributed by atoms with Crippen LogP contribution in [0.2, 0.25) is 0 Å². The first-order valence-corrected chi connectivity index (χ1v) is 9.96. The fraction of sp³-hybridized carbons (Fsp3) is 0.316. The maximum absolute atomic E-state index is 12.4. The van der Waals surface area contributed by atoms with Gasteiger partial charge in [-0.05, 0) is 45.6 Å². The normalized spacial score (nSPS) is 10.9. The summed E-state index contributed by atoms with van der Waals surface area (Å²) < 4.78 is 1.63. The number of fused-ring (bicyclic) bond motifs is 1. The molecule has 3 rings (SSSR count). The highest BCUT2D eigenvalue weighted by Gasteiger charge is 2.17. The highest BCUT2D eigenvalue weighted by Crippen LogP contribution is 2.17. The number of amides is 2. The molecule has 0 aliphatic rings. The summed E-state index contributed by atoms with van der Waals surface area (Å²) in [6, 6.07) is 5.52. The van der Waals surface area contributed by atoms with Gasteiger partial charge in [-0.1, -0.05) is 29.5 Å². The van der Waals surface area contributed by atoms with Gasteiger partial charge in [-0.15, -0.1) is 5.10 Å². The number of aromatic nitrogens is 4. The van der Waals surface area contributed by atoms with E-state index in [2.05, 4.69) is 25.9 Å². The molecule has 0 atom stereocenters. The molecule has 2 heterocycles. The minimum absolute atomic E-state index is 0.0717. The van der Waals surface area contributed by atoms with Crippen LogP contribution in [-0.2, 0) is 11.2 Å². The lowest BCUT2D eigenvalue weighted by molar-refractivity contribution is -0.121. The minimum atomic E-state index is -0.353. The number of hydrogen-bond donors (Lipinski definition) is 2. The molecule has 0 saturated carbocycles. The summed E-state index contributed by atoms with van der Waals surface area (Å²) in [6.45, 7) is 7.52. The molecule has 0 radical (unpaired) electrons. The van der Waals surface area contributed by atoms with Crippen molar-refractivity contribution in [2.45, 2.75) is 39.3 Å². The van der Waals surface area contributed by atoms with Crippen molar-refractivity contribution in [1.82, 2.24) is 30.4 Å². The fourth-order valence-corrected chi connectivity index (χ4v) is 3.34. The van der Waals surface area contributed by atoms with E-state index in [1.54, 1.807) is 10.6 Å². The van der Waals surface area contributed by atoms with Crippen LogP contribution in [0.25, 0.3) is 5.78 Å². The molecule has 3 aromatic rings. The number of nitrogens with zero attached hydrogens (tertiary/aromatic N) is 4.